The van der Waals surface area contributed by atoms with Crippen LogP contribution in [0.25, 0.3) is 0 Å². The minimum Gasteiger partial charge on any atom is -0.480 e. The lowest BCUT2D eigenvalue weighted by Crippen LogP contribution is -2.37. The standard InChI is InChI=1S/C9H11NO3S/c1-6-2-3-7(14-6)4-8(9(12)13)10-5-11/h2-3,5,8H,4H2,1H3,(H,10,11)(H,12,13)/t8-/m1/s1. The topological polar surface area (TPSA) is 66.4 Å². The minimum absolute atomic E-state index is 0.340. The molecule has 0 unspecified atom stereocenters. The first-order chi connectivity index (χ1) is 6.63. The van der Waals surface area contributed by atoms with Gasteiger partial charge in [0.1, 0.15) is 6.04 Å². The number of hydrogen-bond acceptors (Lipinski definition) is 3. The molecule has 14 heavy (non-hydrogen) atoms. The van der Waals surface area contributed by atoms with Crippen molar-refractivity contribution >= 4 is 23.7 Å². The van der Waals surface area contributed by atoms with Crippen LogP contribution in [0.15, 0.2) is 12.1 Å². The van der Waals surface area contributed by atoms with Gasteiger partial charge in [-0.15, -0.1) is 11.3 Å². The Bertz CT molecular complexity index is 335. The van der Waals surface area contributed by atoms with E-state index in [1.165, 1.54) is 0 Å². The molecule has 1 rings (SSSR count). The van der Waals surface area contributed by atoms with E-state index >= 15 is 0 Å². The third-order valence-electron chi connectivity index (χ3n) is 1.77. The van der Waals surface area contributed by atoms with E-state index in [0.29, 0.717) is 12.8 Å². The minimum atomic E-state index is -1.01. The number of aryl methyl sites for hydroxylation is 1. The van der Waals surface area contributed by atoms with E-state index in [9.17, 15) is 9.59 Å². The highest BCUT2D eigenvalue weighted by Gasteiger charge is 2.17. The predicted octanol–water partition coefficient (Wildman–Crippen LogP) is 0.798. The molecule has 1 amide bonds. The van der Waals surface area contributed by atoms with Gasteiger partial charge >= 0.3 is 5.97 Å². The summed E-state index contributed by atoms with van der Waals surface area (Å²) in [6.45, 7) is 1.96. The molecule has 0 aliphatic rings. The summed E-state index contributed by atoms with van der Waals surface area (Å²) in [7, 11) is 0. The molecule has 0 aliphatic carbocycles. The number of amides is 1. The average molecular weight is 213 g/mol. The van der Waals surface area contributed by atoms with Gasteiger partial charge in [-0.1, -0.05) is 0 Å². The maximum Gasteiger partial charge on any atom is 0.326 e. The zero-order valence-corrected chi connectivity index (χ0v) is 8.50. The van der Waals surface area contributed by atoms with Crippen LogP contribution in [-0.4, -0.2) is 23.5 Å². The van der Waals surface area contributed by atoms with Crippen molar-refractivity contribution in [3.8, 4) is 0 Å². The molecule has 0 spiro atoms. The van der Waals surface area contributed by atoms with Gasteiger partial charge in [0.25, 0.3) is 0 Å². The molecule has 0 saturated heterocycles. The van der Waals surface area contributed by atoms with Crippen LogP contribution in [0.5, 0.6) is 0 Å². The second kappa shape index (κ2) is 4.76. The van der Waals surface area contributed by atoms with Crippen molar-refractivity contribution in [2.24, 2.45) is 0 Å². The molecule has 76 valence electrons. The lowest BCUT2D eigenvalue weighted by Gasteiger charge is -2.08. The third-order valence-corrected chi connectivity index (χ3v) is 2.79. The van der Waals surface area contributed by atoms with Crippen LogP contribution in [0.1, 0.15) is 9.75 Å². The third kappa shape index (κ3) is 2.85. The number of carboxylic acid groups (broad SMARTS) is 1. The van der Waals surface area contributed by atoms with E-state index < -0.39 is 12.0 Å². The van der Waals surface area contributed by atoms with E-state index in [-0.39, 0.29) is 0 Å². The van der Waals surface area contributed by atoms with Crippen LogP contribution in [0.4, 0.5) is 0 Å². The molecule has 1 aromatic rings. The monoisotopic (exact) mass is 213 g/mol. The van der Waals surface area contributed by atoms with Gasteiger partial charge in [-0.05, 0) is 19.1 Å². The van der Waals surface area contributed by atoms with Crippen LogP contribution in [0, 0.1) is 6.92 Å². The van der Waals surface area contributed by atoms with Gasteiger partial charge in [-0.3, -0.25) is 4.79 Å². The molecular weight excluding hydrogens is 202 g/mol. The zero-order valence-electron chi connectivity index (χ0n) is 7.69. The summed E-state index contributed by atoms with van der Waals surface area (Å²) in [4.78, 5) is 22.9. The molecule has 0 saturated carbocycles. The molecule has 4 nitrogen and oxygen atoms in total. The number of thiophene rings is 1. The van der Waals surface area contributed by atoms with E-state index in [0.717, 1.165) is 9.75 Å². The summed E-state index contributed by atoms with van der Waals surface area (Å²) < 4.78 is 0. The van der Waals surface area contributed by atoms with Crippen molar-refractivity contribution in [3.05, 3.63) is 21.9 Å². The lowest BCUT2D eigenvalue weighted by atomic mass is 10.2. The quantitative estimate of drug-likeness (QED) is 0.711. The molecule has 0 aliphatic heterocycles. The van der Waals surface area contributed by atoms with Gasteiger partial charge in [-0.2, -0.15) is 0 Å². The van der Waals surface area contributed by atoms with E-state index in [2.05, 4.69) is 5.32 Å². The second-order valence-electron chi connectivity index (χ2n) is 2.89. The molecule has 2 N–H and O–H groups in total. The van der Waals surface area contributed by atoms with Crippen molar-refractivity contribution in [3.63, 3.8) is 0 Å². The highest BCUT2D eigenvalue weighted by Crippen LogP contribution is 2.16. The maximum atomic E-state index is 10.7. The van der Waals surface area contributed by atoms with E-state index in [1.807, 2.05) is 19.1 Å². The van der Waals surface area contributed by atoms with Crippen molar-refractivity contribution in [1.29, 1.82) is 0 Å². The van der Waals surface area contributed by atoms with E-state index in [1.54, 1.807) is 11.3 Å². The summed E-state index contributed by atoms with van der Waals surface area (Å²) >= 11 is 1.54. The molecular formula is C9H11NO3S. The normalized spacial score (nSPS) is 12.1. The fourth-order valence-electron chi connectivity index (χ4n) is 1.10. The Morgan fingerprint density at radius 3 is 2.86 bits per heavy atom. The van der Waals surface area contributed by atoms with Gasteiger partial charge in [0.05, 0.1) is 0 Å². The Kier molecular flexibility index (Phi) is 3.64. The highest BCUT2D eigenvalue weighted by molar-refractivity contribution is 7.11. The number of carbonyl (C=O) groups is 2. The Hall–Kier alpha value is -1.36. The highest BCUT2D eigenvalue weighted by atomic mass is 32.1. The lowest BCUT2D eigenvalue weighted by molar-refractivity contribution is -0.140. The summed E-state index contributed by atoms with van der Waals surface area (Å²) in [5.74, 6) is -1.01. The van der Waals surface area contributed by atoms with Crippen molar-refractivity contribution in [1.82, 2.24) is 5.32 Å². The summed E-state index contributed by atoms with van der Waals surface area (Å²) in [6.07, 6.45) is 0.756. The van der Waals surface area contributed by atoms with Crippen LogP contribution in [0.2, 0.25) is 0 Å². The largest absolute Gasteiger partial charge is 0.480 e. The Balaban J connectivity index is 2.64. The van der Waals surface area contributed by atoms with Gasteiger partial charge in [0, 0.05) is 16.2 Å². The van der Waals surface area contributed by atoms with Gasteiger partial charge in [-0.25, -0.2) is 4.79 Å². The molecule has 0 aromatic carbocycles. The first-order valence-corrected chi connectivity index (χ1v) is 4.93. The average Bonchev–Trinajstić information content (AvgIpc) is 2.50. The number of carbonyl (C=O) groups excluding carboxylic acids is 1. The second-order valence-corrected chi connectivity index (χ2v) is 4.26. The fourth-order valence-corrected chi connectivity index (χ4v) is 2.03. The number of nitrogens with one attached hydrogen (secondary N) is 1. The molecule has 1 atom stereocenters. The Morgan fingerprint density at radius 2 is 2.43 bits per heavy atom. The first kappa shape index (κ1) is 10.7. The SMILES string of the molecule is Cc1ccc(C[C@@H](NC=O)C(=O)O)s1. The van der Waals surface area contributed by atoms with Crippen LogP contribution in [-0.2, 0) is 16.0 Å². The molecule has 0 radical (unpaired) electrons. The van der Waals surface area contributed by atoms with Gasteiger partial charge in [0.15, 0.2) is 0 Å². The van der Waals surface area contributed by atoms with Crippen LogP contribution >= 0.6 is 11.3 Å². The summed E-state index contributed by atoms with van der Waals surface area (Å²) in [6, 6.07) is 2.98. The van der Waals surface area contributed by atoms with Crippen molar-refractivity contribution in [2.75, 3.05) is 0 Å². The molecule has 1 aromatic heterocycles. The fraction of sp³-hybridized carbons (Fsp3) is 0.333. The summed E-state index contributed by atoms with van der Waals surface area (Å²) in [5.41, 5.74) is 0. The molecule has 0 bridgehead atoms. The molecule has 1 heterocycles. The van der Waals surface area contributed by atoms with Gasteiger partial charge in [0.2, 0.25) is 6.41 Å². The number of carboxylic acids is 1. The number of rotatable bonds is 5. The zero-order chi connectivity index (χ0) is 10.6. The smallest absolute Gasteiger partial charge is 0.326 e. The molecule has 5 heteroatoms. The van der Waals surface area contributed by atoms with Crippen molar-refractivity contribution < 1.29 is 14.7 Å². The maximum absolute atomic E-state index is 10.7. The molecule has 0 fully saturated rings. The number of hydrogen-bond donors (Lipinski definition) is 2. The van der Waals surface area contributed by atoms with Crippen molar-refractivity contribution in [2.45, 2.75) is 19.4 Å². The predicted molar refractivity (Wildman–Crippen MR) is 53.4 cm³/mol. The van der Waals surface area contributed by atoms with Crippen LogP contribution in [0.3, 0.4) is 0 Å². The Morgan fingerprint density at radius 1 is 1.71 bits per heavy atom. The van der Waals surface area contributed by atoms with Crippen LogP contribution < -0.4 is 5.32 Å². The number of aliphatic carboxylic acids is 1. The Labute approximate surface area is 85.6 Å². The van der Waals surface area contributed by atoms with E-state index in [4.69, 9.17) is 5.11 Å². The summed E-state index contributed by atoms with van der Waals surface area (Å²) in [5, 5.41) is 11.0. The first-order valence-electron chi connectivity index (χ1n) is 4.11. The van der Waals surface area contributed by atoms with Gasteiger partial charge < -0.3 is 10.4 Å².